The molecule has 7 nitrogen and oxygen atoms in total. The average Bonchev–Trinajstić information content (AvgIpc) is 2.50. The van der Waals surface area contributed by atoms with Crippen LogP contribution in [0.15, 0.2) is 12.1 Å². The molecule has 0 saturated carbocycles. The maximum atomic E-state index is 11.0. The number of nitro benzene ring substituents is 1. The van der Waals surface area contributed by atoms with Crippen LogP contribution in [0.2, 0.25) is 0 Å². The van der Waals surface area contributed by atoms with Crippen LogP contribution in [0.5, 0.6) is 5.75 Å². The second-order valence-electron chi connectivity index (χ2n) is 5.01. The van der Waals surface area contributed by atoms with E-state index in [0.717, 1.165) is 32.2 Å². The Labute approximate surface area is 147 Å². The van der Waals surface area contributed by atoms with Crippen molar-refractivity contribution in [2.75, 3.05) is 26.2 Å². The van der Waals surface area contributed by atoms with Crippen LogP contribution in [0.1, 0.15) is 30.5 Å². The first-order valence-corrected chi connectivity index (χ1v) is 6.94. The van der Waals surface area contributed by atoms with Crippen LogP contribution in [-0.2, 0) is 0 Å². The quantitative estimate of drug-likeness (QED) is 0.629. The molecule has 0 bridgehead atoms. The Hall–Kier alpha value is -1.59. The zero-order chi connectivity index (χ0) is 15.4. The summed E-state index contributed by atoms with van der Waals surface area (Å²) < 4.78 is 0. The minimum atomic E-state index is -0.649. The number of piperazine rings is 1. The molecule has 1 aliphatic rings. The van der Waals surface area contributed by atoms with Gasteiger partial charge in [0.25, 0.3) is 0 Å². The molecule has 9 heteroatoms. The summed E-state index contributed by atoms with van der Waals surface area (Å²) in [7, 11) is 0. The number of nitriles is 1. The van der Waals surface area contributed by atoms with Gasteiger partial charge in [-0.1, -0.05) is 6.92 Å². The van der Waals surface area contributed by atoms with E-state index in [0.29, 0.717) is 12.0 Å². The summed E-state index contributed by atoms with van der Waals surface area (Å²) in [5, 5.41) is 33.6. The van der Waals surface area contributed by atoms with E-state index in [2.05, 4.69) is 10.2 Å². The van der Waals surface area contributed by atoms with Crippen LogP contribution in [0, 0.1) is 21.4 Å². The predicted octanol–water partition coefficient (Wildman–Crippen LogP) is 2.37. The molecule has 0 spiro atoms. The van der Waals surface area contributed by atoms with Crippen LogP contribution in [0.25, 0.3) is 0 Å². The van der Waals surface area contributed by atoms with E-state index in [-0.39, 0.29) is 42.2 Å². The molecule has 0 radical (unpaired) electrons. The second-order valence-corrected chi connectivity index (χ2v) is 5.01. The number of phenolic OH excluding ortho intramolecular Hbond substituents is 1. The van der Waals surface area contributed by atoms with Gasteiger partial charge in [0.1, 0.15) is 0 Å². The highest BCUT2D eigenvalue weighted by molar-refractivity contribution is 5.85. The summed E-state index contributed by atoms with van der Waals surface area (Å²) >= 11 is 0. The van der Waals surface area contributed by atoms with Crippen molar-refractivity contribution in [2.45, 2.75) is 19.4 Å². The molecule has 0 aliphatic carbocycles. The lowest BCUT2D eigenvalue weighted by atomic mass is 9.97. The minimum Gasteiger partial charge on any atom is -0.502 e. The number of hydrogen-bond donors (Lipinski definition) is 2. The number of hydrogen-bond acceptors (Lipinski definition) is 6. The first-order chi connectivity index (χ1) is 10.1. The number of nitrogens with one attached hydrogen (secondary N) is 1. The Morgan fingerprint density at radius 3 is 2.52 bits per heavy atom. The van der Waals surface area contributed by atoms with Crippen molar-refractivity contribution >= 4 is 30.5 Å². The summed E-state index contributed by atoms with van der Waals surface area (Å²) in [6.07, 6.45) is 0.708. The standard InChI is InChI=1S/C14H18N4O3.2ClH/c1-2-12(17-5-3-16-4-6-17)11-7-10(9-15)8-13(14(11)19)18(20)21;;/h7-8,12,16,19H,2-6H2,1H3;2*1H/t12-;;/m0../s1. The van der Waals surface area contributed by atoms with Crippen molar-refractivity contribution in [1.29, 1.82) is 5.26 Å². The van der Waals surface area contributed by atoms with Gasteiger partial charge in [0.15, 0.2) is 5.75 Å². The minimum absolute atomic E-state index is 0. The fourth-order valence-electron chi connectivity index (χ4n) is 2.77. The van der Waals surface area contributed by atoms with Crippen molar-refractivity contribution in [3.05, 3.63) is 33.4 Å². The summed E-state index contributed by atoms with van der Waals surface area (Å²) in [6, 6.07) is 4.47. The Kier molecular flexibility index (Phi) is 8.87. The van der Waals surface area contributed by atoms with Crippen molar-refractivity contribution < 1.29 is 10.0 Å². The molecule has 23 heavy (non-hydrogen) atoms. The molecule has 1 saturated heterocycles. The Morgan fingerprint density at radius 1 is 1.43 bits per heavy atom. The summed E-state index contributed by atoms with van der Waals surface area (Å²) in [4.78, 5) is 12.6. The molecule has 0 aromatic heterocycles. The van der Waals surface area contributed by atoms with Gasteiger partial charge in [-0.05, 0) is 12.5 Å². The lowest BCUT2D eigenvalue weighted by Gasteiger charge is -2.34. The highest BCUT2D eigenvalue weighted by Gasteiger charge is 2.28. The fraction of sp³-hybridized carbons (Fsp3) is 0.500. The second kappa shape index (κ2) is 9.53. The lowest BCUT2D eigenvalue weighted by molar-refractivity contribution is -0.386. The fourth-order valence-corrected chi connectivity index (χ4v) is 2.77. The van der Waals surface area contributed by atoms with Crippen LogP contribution in [-0.4, -0.2) is 41.1 Å². The van der Waals surface area contributed by atoms with Gasteiger partial charge in [-0.15, -0.1) is 24.8 Å². The van der Waals surface area contributed by atoms with Gasteiger partial charge in [-0.3, -0.25) is 15.0 Å². The van der Waals surface area contributed by atoms with Crippen molar-refractivity contribution in [3.63, 3.8) is 0 Å². The van der Waals surface area contributed by atoms with Gasteiger partial charge in [0.2, 0.25) is 0 Å². The van der Waals surface area contributed by atoms with Crippen LogP contribution < -0.4 is 5.32 Å². The van der Waals surface area contributed by atoms with Crippen molar-refractivity contribution in [3.8, 4) is 11.8 Å². The monoisotopic (exact) mass is 362 g/mol. The number of nitrogens with zero attached hydrogens (tertiary/aromatic N) is 3. The molecule has 0 amide bonds. The number of rotatable bonds is 4. The number of benzene rings is 1. The van der Waals surface area contributed by atoms with E-state index in [9.17, 15) is 15.2 Å². The molecule has 1 fully saturated rings. The maximum absolute atomic E-state index is 11.0. The van der Waals surface area contributed by atoms with Gasteiger partial charge in [-0.2, -0.15) is 5.26 Å². The van der Waals surface area contributed by atoms with Gasteiger partial charge >= 0.3 is 5.69 Å². The summed E-state index contributed by atoms with van der Waals surface area (Å²) in [6.45, 7) is 5.27. The normalized spacial score (nSPS) is 15.7. The van der Waals surface area contributed by atoms with E-state index >= 15 is 0 Å². The number of aromatic hydroxyl groups is 1. The van der Waals surface area contributed by atoms with Crippen LogP contribution in [0.4, 0.5) is 5.69 Å². The molecular weight excluding hydrogens is 343 g/mol. The Balaban J connectivity index is 0.00000242. The lowest BCUT2D eigenvalue weighted by Crippen LogP contribution is -2.45. The molecule has 1 heterocycles. The molecule has 1 aromatic carbocycles. The van der Waals surface area contributed by atoms with Crippen molar-refractivity contribution in [2.24, 2.45) is 0 Å². The first kappa shape index (κ1) is 21.4. The van der Waals surface area contributed by atoms with Gasteiger partial charge in [0.05, 0.1) is 16.6 Å². The topological polar surface area (TPSA) is 102 Å². The van der Waals surface area contributed by atoms with Gasteiger partial charge in [-0.25, -0.2) is 0 Å². The van der Waals surface area contributed by atoms with E-state index in [1.807, 2.05) is 13.0 Å². The van der Waals surface area contributed by atoms with E-state index < -0.39 is 10.6 Å². The van der Waals surface area contributed by atoms with Crippen molar-refractivity contribution in [1.82, 2.24) is 10.2 Å². The molecule has 1 aromatic rings. The summed E-state index contributed by atoms with van der Waals surface area (Å²) in [5.74, 6) is -0.329. The third kappa shape index (κ3) is 4.69. The van der Waals surface area contributed by atoms with Crippen LogP contribution in [0.3, 0.4) is 0 Å². The first-order valence-electron chi connectivity index (χ1n) is 6.94. The SMILES string of the molecule is CC[C@@H](c1cc(C#N)cc([N+](=O)[O-])c1O)N1CCNCC1.Cl.Cl. The zero-order valence-electron chi connectivity index (χ0n) is 12.7. The number of phenols is 1. The van der Waals surface area contributed by atoms with E-state index in [4.69, 9.17) is 5.26 Å². The highest BCUT2D eigenvalue weighted by atomic mass is 35.5. The van der Waals surface area contributed by atoms with Gasteiger partial charge < -0.3 is 10.4 Å². The molecule has 0 unspecified atom stereocenters. The third-order valence-electron chi connectivity index (χ3n) is 3.78. The molecular formula is C14H20Cl2N4O3. The Bertz CT molecular complexity index is 586. The highest BCUT2D eigenvalue weighted by Crippen LogP contribution is 2.38. The molecule has 2 rings (SSSR count). The summed E-state index contributed by atoms with van der Waals surface area (Å²) in [5.41, 5.74) is 0.255. The maximum Gasteiger partial charge on any atom is 0.312 e. The molecule has 128 valence electrons. The number of nitro groups is 1. The predicted molar refractivity (Wildman–Crippen MR) is 91.4 cm³/mol. The average molecular weight is 363 g/mol. The van der Waals surface area contributed by atoms with Gasteiger partial charge in [0, 0.05) is 43.9 Å². The smallest absolute Gasteiger partial charge is 0.312 e. The molecule has 1 atom stereocenters. The number of halogens is 2. The zero-order valence-corrected chi connectivity index (χ0v) is 14.3. The van der Waals surface area contributed by atoms with E-state index in [1.54, 1.807) is 6.07 Å². The van der Waals surface area contributed by atoms with E-state index in [1.165, 1.54) is 0 Å². The largest absolute Gasteiger partial charge is 0.502 e. The van der Waals surface area contributed by atoms with Crippen LogP contribution >= 0.6 is 24.8 Å². The molecule has 1 aliphatic heterocycles. The molecule has 2 N–H and O–H groups in total. The Morgan fingerprint density at radius 2 is 2.04 bits per heavy atom. The third-order valence-corrected chi connectivity index (χ3v) is 3.78.